The lowest BCUT2D eigenvalue weighted by Crippen LogP contribution is -2.33. The van der Waals surface area contributed by atoms with Gasteiger partial charge < -0.3 is 5.73 Å². The van der Waals surface area contributed by atoms with E-state index in [0.717, 1.165) is 5.56 Å². The first-order valence-electron chi connectivity index (χ1n) is 5.64. The average molecular weight is 235 g/mol. The predicted octanol–water partition coefficient (Wildman–Crippen LogP) is 1.92. The minimum absolute atomic E-state index is 0.0542. The van der Waals surface area contributed by atoms with Crippen molar-refractivity contribution in [1.82, 2.24) is 4.90 Å². The molecule has 2 unspecified atom stereocenters. The predicted molar refractivity (Wildman–Crippen MR) is 65.6 cm³/mol. The van der Waals surface area contributed by atoms with Gasteiger partial charge in [-0.1, -0.05) is 12.1 Å². The molecule has 1 aromatic rings. The molecule has 0 bridgehead atoms. The standard InChI is InChI=1S/C13H18FN3/c1-10(7-15)9-17(2)13(8-16)11-4-3-5-12(14)6-11/h3-6,10,13H,8-9,16H2,1-2H3. The van der Waals surface area contributed by atoms with Crippen LogP contribution in [-0.2, 0) is 0 Å². The number of nitriles is 1. The van der Waals surface area contributed by atoms with E-state index in [-0.39, 0.29) is 17.8 Å². The average Bonchev–Trinajstić information content (AvgIpc) is 2.30. The van der Waals surface area contributed by atoms with Crippen LogP contribution in [0.1, 0.15) is 18.5 Å². The van der Waals surface area contributed by atoms with Crippen LogP contribution in [0.4, 0.5) is 4.39 Å². The first-order chi connectivity index (χ1) is 8.08. The summed E-state index contributed by atoms with van der Waals surface area (Å²) in [5, 5.41) is 8.78. The van der Waals surface area contributed by atoms with Gasteiger partial charge in [0.05, 0.1) is 12.0 Å². The van der Waals surface area contributed by atoms with Crippen molar-refractivity contribution in [3.05, 3.63) is 35.6 Å². The Morgan fingerprint density at radius 3 is 2.76 bits per heavy atom. The van der Waals surface area contributed by atoms with E-state index >= 15 is 0 Å². The Morgan fingerprint density at radius 2 is 2.24 bits per heavy atom. The molecule has 0 heterocycles. The maximum absolute atomic E-state index is 13.1. The molecule has 0 aliphatic carbocycles. The number of likely N-dealkylation sites (N-methyl/N-ethyl adjacent to an activating group) is 1. The highest BCUT2D eigenvalue weighted by Crippen LogP contribution is 2.19. The molecule has 0 radical (unpaired) electrons. The maximum atomic E-state index is 13.1. The maximum Gasteiger partial charge on any atom is 0.123 e. The number of hydrogen-bond donors (Lipinski definition) is 1. The third-order valence-corrected chi connectivity index (χ3v) is 2.77. The van der Waals surface area contributed by atoms with E-state index < -0.39 is 0 Å². The molecule has 0 aliphatic rings. The normalized spacial score (nSPS) is 14.4. The summed E-state index contributed by atoms with van der Waals surface area (Å²) in [7, 11) is 1.90. The van der Waals surface area contributed by atoms with Crippen molar-refractivity contribution in [2.75, 3.05) is 20.1 Å². The van der Waals surface area contributed by atoms with E-state index in [1.54, 1.807) is 6.07 Å². The fourth-order valence-electron chi connectivity index (χ4n) is 1.88. The molecule has 0 aromatic heterocycles. The van der Waals surface area contributed by atoms with Crippen LogP contribution in [0.15, 0.2) is 24.3 Å². The Labute approximate surface area is 102 Å². The third-order valence-electron chi connectivity index (χ3n) is 2.77. The summed E-state index contributed by atoms with van der Waals surface area (Å²) < 4.78 is 13.1. The van der Waals surface area contributed by atoms with Gasteiger partial charge >= 0.3 is 0 Å². The van der Waals surface area contributed by atoms with Crippen LogP contribution in [0.2, 0.25) is 0 Å². The van der Waals surface area contributed by atoms with Crippen LogP contribution in [0.25, 0.3) is 0 Å². The Kier molecular flexibility index (Phi) is 5.08. The van der Waals surface area contributed by atoms with Crippen molar-refractivity contribution in [3.63, 3.8) is 0 Å². The number of benzene rings is 1. The van der Waals surface area contributed by atoms with E-state index in [1.807, 2.05) is 24.9 Å². The van der Waals surface area contributed by atoms with Crippen molar-refractivity contribution in [2.24, 2.45) is 11.7 Å². The fraction of sp³-hybridized carbons (Fsp3) is 0.462. The minimum atomic E-state index is -0.261. The zero-order valence-corrected chi connectivity index (χ0v) is 10.2. The highest BCUT2D eigenvalue weighted by molar-refractivity contribution is 5.20. The van der Waals surface area contributed by atoms with Crippen molar-refractivity contribution in [1.29, 1.82) is 5.26 Å². The molecule has 17 heavy (non-hydrogen) atoms. The van der Waals surface area contributed by atoms with E-state index in [2.05, 4.69) is 6.07 Å². The van der Waals surface area contributed by atoms with Gasteiger partial charge in [-0.15, -0.1) is 0 Å². The molecule has 0 spiro atoms. The van der Waals surface area contributed by atoms with Crippen LogP contribution in [0, 0.1) is 23.1 Å². The van der Waals surface area contributed by atoms with Crippen LogP contribution in [0.5, 0.6) is 0 Å². The molecule has 2 N–H and O–H groups in total. The smallest absolute Gasteiger partial charge is 0.123 e. The second-order valence-electron chi connectivity index (χ2n) is 4.28. The molecule has 92 valence electrons. The molecule has 1 rings (SSSR count). The van der Waals surface area contributed by atoms with Crippen LogP contribution in [0.3, 0.4) is 0 Å². The van der Waals surface area contributed by atoms with Crippen LogP contribution < -0.4 is 5.73 Å². The minimum Gasteiger partial charge on any atom is -0.329 e. The molecule has 2 atom stereocenters. The Hall–Kier alpha value is -1.44. The molecule has 4 heteroatoms. The number of rotatable bonds is 5. The van der Waals surface area contributed by atoms with Gasteiger partial charge in [0.25, 0.3) is 0 Å². The van der Waals surface area contributed by atoms with Crippen molar-refractivity contribution < 1.29 is 4.39 Å². The lowest BCUT2D eigenvalue weighted by molar-refractivity contribution is 0.233. The van der Waals surface area contributed by atoms with Gasteiger partial charge in [-0.05, 0) is 31.7 Å². The van der Waals surface area contributed by atoms with Gasteiger partial charge in [0.1, 0.15) is 5.82 Å². The Balaban J connectivity index is 2.81. The molecule has 0 saturated heterocycles. The zero-order valence-electron chi connectivity index (χ0n) is 10.2. The fourth-order valence-corrected chi connectivity index (χ4v) is 1.88. The van der Waals surface area contributed by atoms with E-state index in [9.17, 15) is 4.39 Å². The van der Waals surface area contributed by atoms with Gasteiger partial charge in [0.2, 0.25) is 0 Å². The van der Waals surface area contributed by atoms with Crippen LogP contribution in [-0.4, -0.2) is 25.0 Å². The summed E-state index contributed by atoms with van der Waals surface area (Å²) in [5.74, 6) is -0.328. The molecule has 0 amide bonds. The topological polar surface area (TPSA) is 53.0 Å². The van der Waals surface area contributed by atoms with Gasteiger partial charge in [0, 0.05) is 19.1 Å². The number of hydrogen-bond acceptors (Lipinski definition) is 3. The first kappa shape index (κ1) is 13.6. The molecule has 0 aliphatic heterocycles. The van der Waals surface area contributed by atoms with Crippen LogP contribution >= 0.6 is 0 Å². The first-order valence-corrected chi connectivity index (χ1v) is 5.64. The molecular weight excluding hydrogens is 217 g/mol. The third kappa shape index (κ3) is 3.81. The largest absolute Gasteiger partial charge is 0.329 e. The summed E-state index contributed by atoms with van der Waals surface area (Å²) in [5.41, 5.74) is 6.57. The summed E-state index contributed by atoms with van der Waals surface area (Å²) in [6.45, 7) is 2.88. The summed E-state index contributed by atoms with van der Waals surface area (Å²) in [4.78, 5) is 1.99. The van der Waals surface area contributed by atoms with E-state index in [4.69, 9.17) is 11.0 Å². The zero-order chi connectivity index (χ0) is 12.8. The van der Waals surface area contributed by atoms with Gasteiger partial charge in [-0.2, -0.15) is 5.26 Å². The lowest BCUT2D eigenvalue weighted by atomic mass is 10.0. The number of halogens is 1. The molecule has 1 aromatic carbocycles. The molecule has 0 saturated carbocycles. The van der Waals surface area contributed by atoms with Crippen molar-refractivity contribution >= 4 is 0 Å². The quantitative estimate of drug-likeness (QED) is 0.848. The number of nitrogens with zero attached hydrogens (tertiary/aromatic N) is 2. The van der Waals surface area contributed by atoms with E-state index in [1.165, 1.54) is 12.1 Å². The molecular formula is C13H18FN3. The van der Waals surface area contributed by atoms with Gasteiger partial charge in [0.15, 0.2) is 0 Å². The highest BCUT2D eigenvalue weighted by atomic mass is 19.1. The lowest BCUT2D eigenvalue weighted by Gasteiger charge is -2.28. The molecule has 0 fully saturated rings. The summed E-state index contributed by atoms with van der Waals surface area (Å²) in [6.07, 6.45) is 0. The number of nitrogens with two attached hydrogens (primary N) is 1. The second-order valence-corrected chi connectivity index (χ2v) is 4.28. The SMILES string of the molecule is CC(C#N)CN(C)C(CN)c1cccc(F)c1. The summed E-state index contributed by atoms with van der Waals surface area (Å²) >= 11 is 0. The van der Waals surface area contributed by atoms with E-state index in [0.29, 0.717) is 13.1 Å². The molecule has 3 nitrogen and oxygen atoms in total. The Morgan fingerprint density at radius 1 is 1.53 bits per heavy atom. The monoisotopic (exact) mass is 235 g/mol. The van der Waals surface area contributed by atoms with Gasteiger partial charge in [-0.3, -0.25) is 4.90 Å². The van der Waals surface area contributed by atoms with Crippen molar-refractivity contribution in [3.8, 4) is 6.07 Å². The highest BCUT2D eigenvalue weighted by Gasteiger charge is 2.17. The van der Waals surface area contributed by atoms with Gasteiger partial charge in [-0.25, -0.2) is 4.39 Å². The Bertz CT molecular complexity index is 400. The van der Waals surface area contributed by atoms with Crippen molar-refractivity contribution in [2.45, 2.75) is 13.0 Å². The second kappa shape index (κ2) is 6.33. The summed E-state index contributed by atoms with van der Waals surface area (Å²) in [6, 6.07) is 8.56.